The second-order valence-corrected chi connectivity index (χ2v) is 9.27. The van der Waals surface area contributed by atoms with Crippen LogP contribution in [0.5, 0.6) is 0 Å². The summed E-state index contributed by atoms with van der Waals surface area (Å²) in [5.74, 6) is 2.13. The molecule has 4 atom stereocenters. The minimum atomic E-state index is -0.359. The van der Waals surface area contributed by atoms with E-state index in [0.29, 0.717) is 0 Å². The van der Waals surface area contributed by atoms with Crippen LogP contribution in [0.3, 0.4) is 0 Å². The van der Waals surface area contributed by atoms with E-state index in [1.807, 2.05) is 6.07 Å². The molecule has 3 aliphatic carbocycles. The highest BCUT2D eigenvalue weighted by Gasteiger charge is 2.54. The van der Waals surface area contributed by atoms with Crippen LogP contribution in [0.1, 0.15) is 61.7 Å². The third-order valence-electron chi connectivity index (χ3n) is 7.34. The molecule has 29 heavy (non-hydrogen) atoms. The summed E-state index contributed by atoms with van der Waals surface area (Å²) < 4.78 is 33.4. The molecule has 6 rings (SSSR count). The van der Waals surface area contributed by atoms with Gasteiger partial charge in [0.2, 0.25) is 0 Å². The van der Waals surface area contributed by atoms with Gasteiger partial charge in [0, 0.05) is 12.5 Å². The fourth-order valence-electron chi connectivity index (χ4n) is 5.31. The third-order valence-corrected chi connectivity index (χ3v) is 7.34. The fourth-order valence-corrected chi connectivity index (χ4v) is 5.31. The Labute approximate surface area is 170 Å². The van der Waals surface area contributed by atoms with Gasteiger partial charge < -0.3 is 9.84 Å². The Hall–Kier alpha value is -1.78. The van der Waals surface area contributed by atoms with E-state index in [9.17, 15) is 13.9 Å². The average molecular weight is 398 g/mol. The van der Waals surface area contributed by atoms with Gasteiger partial charge >= 0.3 is 0 Å². The quantitative estimate of drug-likeness (QED) is 0.711. The van der Waals surface area contributed by atoms with Crippen LogP contribution in [0.25, 0.3) is 0 Å². The minimum Gasteiger partial charge on any atom is -0.396 e. The van der Waals surface area contributed by atoms with Crippen molar-refractivity contribution < 1.29 is 18.6 Å². The molecule has 4 aliphatic rings. The van der Waals surface area contributed by atoms with Crippen LogP contribution in [0.2, 0.25) is 0 Å². The highest BCUT2D eigenvalue weighted by atomic mass is 19.1. The summed E-state index contributed by atoms with van der Waals surface area (Å²) in [7, 11) is 0. The molecule has 2 nitrogen and oxygen atoms in total. The number of hydrogen-bond donors (Lipinski definition) is 1. The van der Waals surface area contributed by atoms with Gasteiger partial charge in [0.05, 0.1) is 11.7 Å². The van der Waals surface area contributed by atoms with Gasteiger partial charge in [0.1, 0.15) is 11.6 Å². The van der Waals surface area contributed by atoms with Crippen molar-refractivity contribution in [1.29, 1.82) is 0 Å². The van der Waals surface area contributed by atoms with E-state index >= 15 is 0 Å². The third kappa shape index (κ3) is 3.85. The summed E-state index contributed by atoms with van der Waals surface area (Å²) >= 11 is 0. The standard InChI is InChI=1S/C21H22F2O2.C4H6/c22-17-6-4-14(5-7-17)20-16(13-24)8-10-21(20)11-9-19(25-21)15-2-1-3-18(23)12-15;1-3-2-4(1)3/h1-7,12,16,19-20,24H,8-11,13H2;3-4H,1-2H2/t16-,19?,20-,21-;/m1./s1. The Morgan fingerprint density at radius 1 is 0.897 bits per heavy atom. The van der Waals surface area contributed by atoms with Crippen molar-refractivity contribution in [2.24, 2.45) is 17.8 Å². The lowest BCUT2D eigenvalue weighted by Gasteiger charge is -2.34. The number of aliphatic hydroxyl groups excluding tert-OH is 1. The molecule has 0 amide bonds. The highest BCUT2D eigenvalue weighted by Crippen LogP contribution is 2.62. The van der Waals surface area contributed by atoms with Crippen LogP contribution in [-0.2, 0) is 4.74 Å². The number of rotatable bonds is 3. The molecule has 1 unspecified atom stereocenters. The smallest absolute Gasteiger partial charge is 0.123 e. The predicted octanol–water partition coefficient (Wildman–Crippen LogP) is 5.77. The second-order valence-electron chi connectivity index (χ2n) is 9.27. The molecule has 1 N–H and O–H groups in total. The average Bonchev–Trinajstić information content (AvgIpc) is 3.57. The van der Waals surface area contributed by atoms with Gasteiger partial charge in [0.15, 0.2) is 0 Å². The zero-order valence-corrected chi connectivity index (χ0v) is 16.6. The predicted molar refractivity (Wildman–Crippen MR) is 107 cm³/mol. The Kier molecular flexibility index (Phi) is 4.95. The molecule has 154 valence electrons. The van der Waals surface area contributed by atoms with Crippen molar-refractivity contribution in [3.8, 4) is 0 Å². The van der Waals surface area contributed by atoms with Gasteiger partial charge in [-0.05, 0) is 91.7 Å². The Bertz CT molecular complexity index is 855. The first kappa shape index (κ1) is 19.2. The van der Waals surface area contributed by atoms with Gasteiger partial charge in [-0.25, -0.2) is 8.78 Å². The molecular weight excluding hydrogens is 370 g/mol. The molecule has 1 spiro atoms. The number of fused-ring (bicyclic) bond motifs is 1. The number of aliphatic hydroxyl groups is 1. The lowest BCUT2D eigenvalue weighted by atomic mass is 9.79. The zero-order chi connectivity index (χ0) is 20.0. The summed E-state index contributed by atoms with van der Waals surface area (Å²) in [5.41, 5.74) is 1.52. The maximum absolute atomic E-state index is 13.6. The molecule has 4 heteroatoms. The molecule has 3 saturated carbocycles. The second kappa shape index (κ2) is 7.48. The van der Waals surface area contributed by atoms with Crippen molar-refractivity contribution in [2.45, 2.75) is 56.1 Å². The minimum absolute atomic E-state index is 0.0386. The van der Waals surface area contributed by atoms with Crippen molar-refractivity contribution in [3.63, 3.8) is 0 Å². The summed E-state index contributed by atoms with van der Waals surface area (Å²) in [6, 6.07) is 13.1. The monoisotopic (exact) mass is 398 g/mol. The maximum atomic E-state index is 13.6. The van der Waals surface area contributed by atoms with Crippen LogP contribution in [-0.4, -0.2) is 17.3 Å². The molecule has 0 radical (unpaired) electrons. The van der Waals surface area contributed by atoms with E-state index in [1.54, 1.807) is 31.0 Å². The SMILES string of the molecule is C1C2CC12.OC[C@H]1CC[C@@]2(CCC(c3cccc(F)c3)O2)[C@@H]1c1ccc(F)cc1. The highest BCUT2D eigenvalue weighted by molar-refractivity contribution is 5.29. The van der Waals surface area contributed by atoms with Gasteiger partial charge in [-0.3, -0.25) is 0 Å². The zero-order valence-electron chi connectivity index (χ0n) is 16.6. The first-order valence-corrected chi connectivity index (χ1v) is 10.9. The van der Waals surface area contributed by atoms with Crippen molar-refractivity contribution >= 4 is 0 Å². The molecule has 2 aromatic rings. The number of benzene rings is 2. The molecular formula is C25H28F2O2. The molecule has 0 bridgehead atoms. The van der Waals surface area contributed by atoms with Crippen LogP contribution in [0.15, 0.2) is 48.5 Å². The Morgan fingerprint density at radius 2 is 1.59 bits per heavy atom. The summed E-state index contributed by atoms with van der Waals surface area (Å²) in [4.78, 5) is 0. The van der Waals surface area contributed by atoms with Crippen molar-refractivity contribution in [3.05, 3.63) is 71.3 Å². The first-order valence-electron chi connectivity index (χ1n) is 10.9. The summed E-state index contributed by atoms with van der Waals surface area (Å²) in [5, 5.41) is 9.84. The molecule has 1 aliphatic heterocycles. The van der Waals surface area contributed by atoms with Crippen LogP contribution < -0.4 is 0 Å². The van der Waals surface area contributed by atoms with E-state index in [-0.39, 0.29) is 41.8 Å². The molecule has 0 aromatic heterocycles. The fraction of sp³-hybridized carbons (Fsp3) is 0.520. The first-order chi connectivity index (χ1) is 14.1. The Morgan fingerprint density at radius 3 is 2.21 bits per heavy atom. The lowest BCUT2D eigenvalue weighted by Crippen LogP contribution is -2.34. The summed E-state index contributed by atoms with van der Waals surface area (Å²) in [6.45, 7) is 0.0950. The van der Waals surface area contributed by atoms with Crippen LogP contribution in [0, 0.1) is 29.4 Å². The number of ether oxygens (including phenoxy) is 1. The van der Waals surface area contributed by atoms with Gasteiger partial charge in [0.25, 0.3) is 0 Å². The number of halogens is 2. The largest absolute Gasteiger partial charge is 0.396 e. The van der Waals surface area contributed by atoms with E-state index in [4.69, 9.17) is 4.74 Å². The summed E-state index contributed by atoms with van der Waals surface area (Å²) in [6.07, 6.45) is 6.49. The van der Waals surface area contributed by atoms with Crippen LogP contribution in [0.4, 0.5) is 8.78 Å². The van der Waals surface area contributed by atoms with E-state index in [2.05, 4.69) is 0 Å². The van der Waals surface area contributed by atoms with E-state index in [0.717, 1.165) is 36.8 Å². The lowest BCUT2D eigenvalue weighted by molar-refractivity contribution is -0.0548. The van der Waals surface area contributed by atoms with Crippen molar-refractivity contribution in [1.82, 2.24) is 0 Å². The van der Waals surface area contributed by atoms with Gasteiger partial charge in [-0.1, -0.05) is 24.3 Å². The topological polar surface area (TPSA) is 29.5 Å². The van der Waals surface area contributed by atoms with E-state index in [1.165, 1.54) is 36.1 Å². The molecule has 1 saturated heterocycles. The van der Waals surface area contributed by atoms with Crippen LogP contribution >= 0.6 is 0 Å². The Balaban J connectivity index is 0.000000396. The number of hydrogen-bond acceptors (Lipinski definition) is 2. The molecule has 4 fully saturated rings. The van der Waals surface area contributed by atoms with Crippen molar-refractivity contribution in [2.75, 3.05) is 6.61 Å². The van der Waals surface area contributed by atoms with Gasteiger partial charge in [-0.2, -0.15) is 0 Å². The normalized spacial score (nSPS) is 36.4. The maximum Gasteiger partial charge on any atom is 0.123 e. The molecule has 1 heterocycles. The van der Waals surface area contributed by atoms with E-state index < -0.39 is 0 Å². The van der Waals surface area contributed by atoms with Gasteiger partial charge in [-0.15, -0.1) is 0 Å². The molecule has 2 aromatic carbocycles.